The molecule has 106 valence electrons. The largest absolute Gasteiger partial charge is 0.481 e. The van der Waals surface area contributed by atoms with Gasteiger partial charge in [-0.25, -0.2) is 0 Å². The van der Waals surface area contributed by atoms with Gasteiger partial charge in [-0.15, -0.1) is 0 Å². The van der Waals surface area contributed by atoms with Crippen molar-refractivity contribution >= 4 is 5.97 Å². The smallest absolute Gasteiger partial charge is 0.313 e. The monoisotopic (exact) mass is 259 g/mol. The van der Waals surface area contributed by atoms with E-state index in [9.17, 15) is 9.90 Å². The Bertz CT molecular complexity index is 262. The minimum Gasteiger partial charge on any atom is -0.481 e. The summed E-state index contributed by atoms with van der Waals surface area (Å²) in [6, 6.07) is 0. The zero-order valence-corrected chi connectivity index (χ0v) is 11.6. The van der Waals surface area contributed by atoms with Crippen molar-refractivity contribution in [2.24, 2.45) is 11.3 Å². The van der Waals surface area contributed by atoms with Crippen LogP contribution in [0.15, 0.2) is 0 Å². The number of methoxy groups -OCH3 is 1. The van der Waals surface area contributed by atoms with E-state index < -0.39 is 11.4 Å². The molecule has 1 fully saturated rings. The Balaban J connectivity index is 2.63. The molecule has 1 saturated heterocycles. The molecule has 0 saturated carbocycles. The van der Waals surface area contributed by atoms with Gasteiger partial charge in [-0.2, -0.15) is 0 Å². The number of carboxylic acids is 1. The van der Waals surface area contributed by atoms with Crippen LogP contribution >= 0.6 is 0 Å². The van der Waals surface area contributed by atoms with Gasteiger partial charge in [-0.05, 0) is 12.3 Å². The zero-order chi connectivity index (χ0) is 13.6. The van der Waals surface area contributed by atoms with Gasteiger partial charge in [0.05, 0.1) is 13.2 Å². The Morgan fingerprint density at radius 3 is 2.72 bits per heavy atom. The second kappa shape index (κ2) is 7.07. The van der Waals surface area contributed by atoms with Crippen molar-refractivity contribution in [1.29, 1.82) is 0 Å². The first-order chi connectivity index (χ1) is 8.50. The lowest BCUT2D eigenvalue weighted by molar-refractivity contribution is -0.150. The van der Waals surface area contributed by atoms with Crippen molar-refractivity contribution in [2.75, 3.05) is 46.6 Å². The first-order valence-corrected chi connectivity index (χ1v) is 6.52. The second-order valence-electron chi connectivity index (χ2n) is 5.51. The highest BCUT2D eigenvalue weighted by atomic mass is 16.5. The average Bonchev–Trinajstić information content (AvgIpc) is 2.75. The number of hydrogen-bond acceptors (Lipinski definition) is 4. The van der Waals surface area contributed by atoms with Crippen molar-refractivity contribution in [3.8, 4) is 0 Å². The van der Waals surface area contributed by atoms with Crippen LogP contribution in [0.25, 0.3) is 0 Å². The van der Waals surface area contributed by atoms with Gasteiger partial charge in [-0.1, -0.05) is 13.8 Å². The van der Waals surface area contributed by atoms with E-state index in [0.29, 0.717) is 38.7 Å². The Labute approximate surface area is 109 Å². The highest BCUT2D eigenvalue weighted by Crippen LogP contribution is 2.30. The van der Waals surface area contributed by atoms with E-state index in [1.807, 2.05) is 0 Å². The summed E-state index contributed by atoms with van der Waals surface area (Å²) >= 11 is 0. The molecule has 0 radical (unpaired) electrons. The molecule has 0 aromatic rings. The van der Waals surface area contributed by atoms with Gasteiger partial charge in [0.25, 0.3) is 0 Å². The van der Waals surface area contributed by atoms with E-state index in [0.717, 1.165) is 13.1 Å². The first kappa shape index (κ1) is 15.4. The van der Waals surface area contributed by atoms with E-state index >= 15 is 0 Å². The molecular weight excluding hydrogens is 234 g/mol. The molecule has 0 amide bonds. The fraction of sp³-hybridized carbons (Fsp3) is 0.923. The minimum atomic E-state index is -0.744. The molecule has 1 N–H and O–H groups in total. The number of ether oxygens (including phenoxy) is 2. The molecule has 0 aromatic heterocycles. The summed E-state index contributed by atoms with van der Waals surface area (Å²) in [5.41, 5.74) is -0.734. The van der Waals surface area contributed by atoms with Crippen LogP contribution in [0.5, 0.6) is 0 Å². The number of carboxylic acid groups (broad SMARTS) is 1. The lowest BCUT2D eigenvalue weighted by Crippen LogP contribution is -2.45. The first-order valence-electron chi connectivity index (χ1n) is 6.52. The van der Waals surface area contributed by atoms with Crippen LogP contribution in [0.2, 0.25) is 0 Å². The molecule has 0 aromatic carbocycles. The van der Waals surface area contributed by atoms with E-state index in [1.165, 1.54) is 0 Å². The van der Waals surface area contributed by atoms with Crippen molar-refractivity contribution in [2.45, 2.75) is 20.3 Å². The summed E-state index contributed by atoms with van der Waals surface area (Å²) in [6.07, 6.45) is 0.601. The zero-order valence-electron chi connectivity index (χ0n) is 11.6. The molecule has 0 bridgehead atoms. The molecule has 1 rings (SSSR count). The molecule has 1 atom stereocenters. The summed E-state index contributed by atoms with van der Waals surface area (Å²) < 4.78 is 10.4. The molecular formula is C13H25NO4. The molecule has 1 aliphatic rings. The van der Waals surface area contributed by atoms with Gasteiger partial charge in [-0.3, -0.25) is 9.69 Å². The van der Waals surface area contributed by atoms with Gasteiger partial charge in [0.2, 0.25) is 0 Å². The number of hydrogen-bond donors (Lipinski definition) is 1. The third-order valence-corrected chi connectivity index (χ3v) is 3.32. The van der Waals surface area contributed by atoms with Gasteiger partial charge >= 0.3 is 5.97 Å². The maximum Gasteiger partial charge on any atom is 0.313 e. The maximum absolute atomic E-state index is 11.5. The molecule has 5 heteroatoms. The van der Waals surface area contributed by atoms with Gasteiger partial charge in [0, 0.05) is 33.4 Å². The minimum absolute atomic E-state index is 0.323. The topological polar surface area (TPSA) is 59.0 Å². The van der Waals surface area contributed by atoms with Crippen LogP contribution in [0, 0.1) is 11.3 Å². The number of carbonyl (C=O) groups is 1. The van der Waals surface area contributed by atoms with Crippen LogP contribution in [-0.2, 0) is 14.3 Å². The number of nitrogens with zero attached hydrogens (tertiary/aromatic N) is 1. The van der Waals surface area contributed by atoms with E-state index in [-0.39, 0.29) is 0 Å². The third kappa shape index (κ3) is 4.23. The molecule has 1 heterocycles. The number of aliphatic carboxylic acids is 1. The summed E-state index contributed by atoms with van der Waals surface area (Å²) in [4.78, 5) is 13.7. The van der Waals surface area contributed by atoms with E-state index in [1.54, 1.807) is 7.11 Å². The fourth-order valence-corrected chi connectivity index (χ4v) is 2.37. The third-order valence-electron chi connectivity index (χ3n) is 3.32. The standard InChI is InChI=1S/C13H25NO4/c1-11(2)8-14(5-7-17-3)9-13(12(15)16)4-6-18-10-13/h11H,4-10H2,1-3H3,(H,15,16). The highest BCUT2D eigenvalue weighted by Gasteiger charge is 2.43. The van der Waals surface area contributed by atoms with Crippen LogP contribution in [-0.4, -0.2) is 62.5 Å². The summed E-state index contributed by atoms with van der Waals surface area (Å²) in [7, 11) is 1.67. The van der Waals surface area contributed by atoms with Crippen LogP contribution in [0.3, 0.4) is 0 Å². The summed E-state index contributed by atoms with van der Waals surface area (Å²) in [5.74, 6) is -0.235. The molecule has 1 unspecified atom stereocenters. The average molecular weight is 259 g/mol. The Hall–Kier alpha value is -0.650. The molecule has 0 spiro atoms. The summed E-state index contributed by atoms with van der Waals surface area (Å²) in [5, 5.41) is 9.43. The fourth-order valence-electron chi connectivity index (χ4n) is 2.37. The van der Waals surface area contributed by atoms with Crippen molar-refractivity contribution in [1.82, 2.24) is 4.90 Å². The Morgan fingerprint density at radius 1 is 1.56 bits per heavy atom. The molecule has 0 aliphatic carbocycles. The summed E-state index contributed by atoms with van der Waals surface area (Å²) in [6.45, 7) is 7.97. The van der Waals surface area contributed by atoms with E-state index in [4.69, 9.17) is 9.47 Å². The molecule has 1 aliphatic heterocycles. The molecule has 18 heavy (non-hydrogen) atoms. The predicted molar refractivity (Wildman–Crippen MR) is 68.7 cm³/mol. The van der Waals surface area contributed by atoms with Crippen LogP contribution < -0.4 is 0 Å². The van der Waals surface area contributed by atoms with Crippen molar-refractivity contribution < 1.29 is 19.4 Å². The quantitative estimate of drug-likeness (QED) is 0.707. The maximum atomic E-state index is 11.5. The second-order valence-corrected chi connectivity index (χ2v) is 5.51. The molecule has 5 nitrogen and oxygen atoms in total. The van der Waals surface area contributed by atoms with Gasteiger partial charge in [0.1, 0.15) is 5.41 Å². The highest BCUT2D eigenvalue weighted by molar-refractivity contribution is 5.75. The normalized spacial score (nSPS) is 24.1. The van der Waals surface area contributed by atoms with Crippen molar-refractivity contribution in [3.63, 3.8) is 0 Å². The number of rotatable bonds is 8. The predicted octanol–water partition coefficient (Wildman–Crippen LogP) is 1.08. The Kier molecular flexibility index (Phi) is 6.05. The van der Waals surface area contributed by atoms with Crippen molar-refractivity contribution in [3.05, 3.63) is 0 Å². The van der Waals surface area contributed by atoms with Crippen LogP contribution in [0.4, 0.5) is 0 Å². The lowest BCUT2D eigenvalue weighted by atomic mass is 9.86. The van der Waals surface area contributed by atoms with Crippen LogP contribution in [0.1, 0.15) is 20.3 Å². The van der Waals surface area contributed by atoms with E-state index in [2.05, 4.69) is 18.7 Å². The van der Waals surface area contributed by atoms with Gasteiger partial charge in [0.15, 0.2) is 0 Å². The SMILES string of the molecule is COCCN(CC(C)C)CC1(C(=O)O)CCOC1. The Morgan fingerprint density at radius 2 is 2.28 bits per heavy atom. The lowest BCUT2D eigenvalue weighted by Gasteiger charge is -2.32. The van der Waals surface area contributed by atoms with Gasteiger partial charge < -0.3 is 14.6 Å².